The van der Waals surface area contributed by atoms with Gasteiger partial charge in [-0.05, 0) is 74.9 Å². The summed E-state index contributed by atoms with van der Waals surface area (Å²) in [7, 11) is 0. The molecule has 2 saturated heterocycles. The van der Waals surface area contributed by atoms with Crippen LogP contribution in [-0.4, -0.2) is 77.6 Å². The topological polar surface area (TPSA) is 66.0 Å². The number of nitrogens with zero attached hydrogens (tertiary/aromatic N) is 4. The van der Waals surface area contributed by atoms with Gasteiger partial charge in [-0.15, -0.1) is 0 Å². The molecule has 0 saturated carbocycles. The molecule has 1 aromatic heterocycles. The molecule has 35 heavy (non-hydrogen) atoms. The Morgan fingerprint density at radius 1 is 1.00 bits per heavy atom. The average molecular weight is 477 g/mol. The molecule has 0 bridgehead atoms. The highest BCUT2D eigenvalue weighted by Crippen LogP contribution is 2.42. The Bertz CT molecular complexity index is 1030. The third-order valence-electron chi connectivity index (χ3n) is 8.08. The third kappa shape index (κ3) is 5.06. The van der Waals surface area contributed by atoms with E-state index in [9.17, 15) is 9.59 Å². The van der Waals surface area contributed by atoms with Crippen LogP contribution in [0.1, 0.15) is 54.2 Å². The normalized spacial score (nSPS) is 20.5. The summed E-state index contributed by atoms with van der Waals surface area (Å²) in [6.45, 7) is 8.44. The Labute approximate surface area is 208 Å². The second-order valence-electron chi connectivity index (χ2n) is 10.2. The molecule has 3 aliphatic rings. The van der Waals surface area contributed by atoms with E-state index >= 15 is 0 Å². The van der Waals surface area contributed by atoms with Crippen LogP contribution in [0.3, 0.4) is 0 Å². The zero-order valence-electron chi connectivity index (χ0n) is 20.7. The lowest BCUT2D eigenvalue weighted by atomic mass is 9.68. The molecule has 2 fully saturated rings. The van der Waals surface area contributed by atoms with Crippen molar-refractivity contribution in [2.24, 2.45) is 5.92 Å². The Morgan fingerprint density at radius 3 is 2.46 bits per heavy atom. The molecule has 0 radical (unpaired) electrons. The lowest BCUT2D eigenvalue weighted by Crippen LogP contribution is -2.54. The SMILES string of the molecule is CCOC(=O)N1CCC(CN2CCC3(CC2)CN(C(=O)c2ccccn2)Cc2ccccc23)CC1. The minimum absolute atomic E-state index is 0.00303. The van der Waals surface area contributed by atoms with E-state index in [1.807, 2.05) is 34.9 Å². The van der Waals surface area contributed by atoms with Crippen molar-refractivity contribution in [3.8, 4) is 0 Å². The lowest BCUT2D eigenvalue weighted by molar-refractivity contribution is 0.0530. The van der Waals surface area contributed by atoms with Gasteiger partial charge in [0.1, 0.15) is 5.69 Å². The first-order valence-electron chi connectivity index (χ1n) is 13.0. The number of fused-ring (bicyclic) bond motifs is 2. The summed E-state index contributed by atoms with van der Waals surface area (Å²) in [6.07, 6.45) is 5.70. The van der Waals surface area contributed by atoms with Gasteiger partial charge in [0.25, 0.3) is 5.91 Å². The van der Waals surface area contributed by atoms with Crippen molar-refractivity contribution in [3.05, 3.63) is 65.5 Å². The van der Waals surface area contributed by atoms with Crippen LogP contribution in [0.4, 0.5) is 4.79 Å². The first kappa shape index (κ1) is 23.8. The van der Waals surface area contributed by atoms with Gasteiger partial charge >= 0.3 is 6.09 Å². The van der Waals surface area contributed by atoms with E-state index in [0.29, 0.717) is 24.8 Å². The first-order chi connectivity index (χ1) is 17.1. The predicted octanol–water partition coefficient (Wildman–Crippen LogP) is 3.94. The summed E-state index contributed by atoms with van der Waals surface area (Å²) in [5.41, 5.74) is 3.21. The van der Waals surface area contributed by atoms with Crippen LogP contribution < -0.4 is 0 Å². The second kappa shape index (κ2) is 10.4. The van der Waals surface area contributed by atoms with Crippen molar-refractivity contribution in [1.82, 2.24) is 19.7 Å². The number of hydrogen-bond donors (Lipinski definition) is 0. The fraction of sp³-hybridized carbons (Fsp3) is 0.536. The molecule has 1 aromatic carbocycles. The summed E-state index contributed by atoms with van der Waals surface area (Å²) in [5, 5.41) is 0. The molecule has 0 unspecified atom stereocenters. The molecule has 0 N–H and O–H groups in total. The zero-order chi connectivity index (χ0) is 24.3. The Kier molecular flexibility index (Phi) is 7.04. The molecular formula is C28H36N4O3. The molecule has 5 rings (SSSR count). The summed E-state index contributed by atoms with van der Waals surface area (Å²) in [4.78, 5) is 36.0. The zero-order valence-corrected chi connectivity index (χ0v) is 20.7. The average Bonchev–Trinajstić information content (AvgIpc) is 2.91. The van der Waals surface area contributed by atoms with Gasteiger partial charge in [-0.25, -0.2) is 4.79 Å². The maximum absolute atomic E-state index is 13.3. The number of rotatable bonds is 4. The highest BCUT2D eigenvalue weighted by atomic mass is 16.6. The van der Waals surface area contributed by atoms with E-state index in [-0.39, 0.29) is 17.4 Å². The monoisotopic (exact) mass is 476 g/mol. The van der Waals surface area contributed by atoms with Gasteiger partial charge < -0.3 is 19.4 Å². The van der Waals surface area contributed by atoms with Gasteiger partial charge in [0.2, 0.25) is 0 Å². The molecule has 7 heteroatoms. The quantitative estimate of drug-likeness (QED) is 0.669. The first-order valence-corrected chi connectivity index (χ1v) is 13.0. The van der Waals surface area contributed by atoms with Crippen LogP contribution in [0.15, 0.2) is 48.7 Å². The number of likely N-dealkylation sites (tertiary alicyclic amines) is 2. The van der Waals surface area contributed by atoms with E-state index in [1.165, 1.54) is 11.1 Å². The number of hydrogen-bond acceptors (Lipinski definition) is 5. The summed E-state index contributed by atoms with van der Waals surface area (Å²) >= 11 is 0. The molecule has 0 atom stereocenters. The van der Waals surface area contributed by atoms with Crippen molar-refractivity contribution < 1.29 is 14.3 Å². The maximum atomic E-state index is 13.3. The van der Waals surface area contributed by atoms with Crippen LogP contribution in [0.5, 0.6) is 0 Å². The number of benzene rings is 1. The van der Waals surface area contributed by atoms with E-state index in [2.05, 4.69) is 34.1 Å². The van der Waals surface area contributed by atoms with Crippen LogP contribution in [0, 0.1) is 5.92 Å². The van der Waals surface area contributed by atoms with Gasteiger partial charge in [-0.3, -0.25) is 9.78 Å². The number of piperidine rings is 2. The Morgan fingerprint density at radius 2 is 1.74 bits per heavy atom. The van der Waals surface area contributed by atoms with Crippen molar-refractivity contribution in [2.75, 3.05) is 45.9 Å². The Hall–Kier alpha value is -2.93. The minimum Gasteiger partial charge on any atom is -0.450 e. The third-order valence-corrected chi connectivity index (χ3v) is 8.08. The van der Waals surface area contributed by atoms with Gasteiger partial charge in [0, 0.05) is 44.3 Å². The maximum Gasteiger partial charge on any atom is 0.409 e. The molecule has 4 heterocycles. The fourth-order valence-corrected chi connectivity index (χ4v) is 6.15. The highest BCUT2D eigenvalue weighted by molar-refractivity contribution is 5.92. The smallest absolute Gasteiger partial charge is 0.409 e. The van der Waals surface area contributed by atoms with Crippen LogP contribution in [0.25, 0.3) is 0 Å². The summed E-state index contributed by atoms with van der Waals surface area (Å²) in [6, 6.07) is 14.2. The molecule has 7 nitrogen and oxygen atoms in total. The van der Waals surface area contributed by atoms with Gasteiger partial charge in [-0.2, -0.15) is 0 Å². The van der Waals surface area contributed by atoms with Crippen LogP contribution >= 0.6 is 0 Å². The van der Waals surface area contributed by atoms with Crippen molar-refractivity contribution in [3.63, 3.8) is 0 Å². The van der Waals surface area contributed by atoms with E-state index in [0.717, 1.165) is 65.0 Å². The van der Waals surface area contributed by atoms with Crippen LogP contribution in [-0.2, 0) is 16.7 Å². The standard InChI is InChI=1S/C28H36N4O3/c1-2-35-27(34)31-15-10-22(11-16-31)19-30-17-12-28(13-18-30)21-32(20-23-7-3-4-8-24(23)28)26(33)25-9-5-6-14-29-25/h3-9,14,22H,2,10-13,15-21H2,1H3. The number of aromatic nitrogens is 1. The summed E-state index contributed by atoms with van der Waals surface area (Å²) < 4.78 is 5.16. The number of ether oxygens (including phenoxy) is 1. The lowest BCUT2D eigenvalue weighted by Gasteiger charge is -2.49. The molecule has 2 aromatic rings. The predicted molar refractivity (Wildman–Crippen MR) is 134 cm³/mol. The van der Waals surface area contributed by atoms with Crippen molar-refractivity contribution >= 4 is 12.0 Å². The largest absolute Gasteiger partial charge is 0.450 e. The van der Waals surface area contributed by atoms with Gasteiger partial charge in [0.05, 0.1) is 6.61 Å². The van der Waals surface area contributed by atoms with E-state index in [1.54, 1.807) is 6.20 Å². The van der Waals surface area contributed by atoms with E-state index in [4.69, 9.17) is 4.74 Å². The number of pyridine rings is 1. The van der Waals surface area contributed by atoms with Crippen LogP contribution in [0.2, 0.25) is 0 Å². The van der Waals surface area contributed by atoms with Gasteiger partial charge in [-0.1, -0.05) is 30.3 Å². The molecule has 3 aliphatic heterocycles. The number of amides is 2. The van der Waals surface area contributed by atoms with Gasteiger partial charge in [0.15, 0.2) is 0 Å². The molecule has 186 valence electrons. The van der Waals surface area contributed by atoms with Crippen molar-refractivity contribution in [2.45, 2.75) is 44.6 Å². The highest BCUT2D eigenvalue weighted by Gasteiger charge is 2.43. The molecule has 0 aliphatic carbocycles. The van der Waals surface area contributed by atoms with Crippen molar-refractivity contribution in [1.29, 1.82) is 0 Å². The number of carbonyl (C=O) groups is 2. The van der Waals surface area contributed by atoms with E-state index < -0.39 is 0 Å². The molecule has 2 amide bonds. The second-order valence-corrected chi connectivity index (χ2v) is 10.2. The Balaban J connectivity index is 1.22. The number of carbonyl (C=O) groups excluding carboxylic acids is 2. The fourth-order valence-electron chi connectivity index (χ4n) is 6.15. The minimum atomic E-state index is -0.174. The molecule has 1 spiro atoms. The molecular weight excluding hydrogens is 440 g/mol. The summed E-state index contributed by atoms with van der Waals surface area (Å²) in [5.74, 6) is 0.644.